The Kier molecular flexibility index (Phi) is 5.08. The van der Waals surface area contributed by atoms with E-state index in [-0.39, 0.29) is 11.9 Å². The molecule has 1 unspecified atom stereocenters. The third-order valence-electron chi connectivity index (χ3n) is 4.21. The Bertz CT molecular complexity index is 951. The highest BCUT2D eigenvalue weighted by atomic mass is 32.1. The van der Waals surface area contributed by atoms with Crippen LogP contribution in [0.3, 0.4) is 0 Å². The van der Waals surface area contributed by atoms with E-state index in [1.54, 1.807) is 22.3 Å². The maximum atomic E-state index is 12.7. The van der Waals surface area contributed by atoms with E-state index < -0.39 is 0 Å². The standard InChI is InChI=1S/C19H18N4O3S/c1-13-20-15(12-27-13)7-8-17(24)23-9-10-25-11-16(23)18-21-19(26-22-18)14-5-3-2-4-6-14/h2-8,12,16H,9-11H2,1H3/b8-7+. The fourth-order valence-corrected chi connectivity index (χ4v) is 3.44. The van der Waals surface area contributed by atoms with Crippen LogP contribution < -0.4 is 0 Å². The highest BCUT2D eigenvalue weighted by Gasteiger charge is 2.31. The van der Waals surface area contributed by atoms with Gasteiger partial charge >= 0.3 is 0 Å². The minimum atomic E-state index is -0.380. The van der Waals surface area contributed by atoms with Crippen LogP contribution in [0.25, 0.3) is 17.5 Å². The minimum absolute atomic E-state index is 0.125. The number of morpholine rings is 1. The number of rotatable bonds is 4. The third-order valence-corrected chi connectivity index (χ3v) is 5.00. The van der Waals surface area contributed by atoms with Crippen LogP contribution in [0, 0.1) is 6.92 Å². The summed E-state index contributed by atoms with van der Waals surface area (Å²) in [6, 6.07) is 9.15. The van der Waals surface area contributed by atoms with Crippen molar-refractivity contribution in [2.75, 3.05) is 19.8 Å². The van der Waals surface area contributed by atoms with Crippen molar-refractivity contribution in [1.29, 1.82) is 0 Å². The van der Waals surface area contributed by atoms with Crippen molar-refractivity contribution in [2.45, 2.75) is 13.0 Å². The number of aromatic nitrogens is 3. The monoisotopic (exact) mass is 382 g/mol. The number of nitrogens with zero attached hydrogens (tertiary/aromatic N) is 4. The molecule has 3 aromatic rings. The summed E-state index contributed by atoms with van der Waals surface area (Å²) in [4.78, 5) is 23.2. The van der Waals surface area contributed by atoms with Gasteiger partial charge in [0, 0.05) is 23.6 Å². The summed E-state index contributed by atoms with van der Waals surface area (Å²) >= 11 is 1.55. The van der Waals surface area contributed by atoms with Gasteiger partial charge in [-0.1, -0.05) is 23.4 Å². The smallest absolute Gasteiger partial charge is 0.257 e. The van der Waals surface area contributed by atoms with Crippen LogP contribution in [0.4, 0.5) is 0 Å². The molecule has 0 saturated carbocycles. The van der Waals surface area contributed by atoms with E-state index in [1.165, 1.54) is 6.08 Å². The van der Waals surface area contributed by atoms with Gasteiger partial charge in [-0.05, 0) is 25.1 Å². The number of hydrogen-bond donors (Lipinski definition) is 0. The van der Waals surface area contributed by atoms with Gasteiger partial charge in [0.25, 0.3) is 5.89 Å². The lowest BCUT2D eigenvalue weighted by Gasteiger charge is -2.32. The Morgan fingerprint density at radius 3 is 2.93 bits per heavy atom. The molecule has 1 saturated heterocycles. The number of thiazole rings is 1. The summed E-state index contributed by atoms with van der Waals surface area (Å²) < 4.78 is 10.9. The van der Waals surface area contributed by atoms with Crippen molar-refractivity contribution in [3.63, 3.8) is 0 Å². The van der Waals surface area contributed by atoms with Crippen LogP contribution in [-0.4, -0.2) is 45.7 Å². The van der Waals surface area contributed by atoms with Crippen molar-refractivity contribution in [3.8, 4) is 11.5 Å². The van der Waals surface area contributed by atoms with Crippen molar-refractivity contribution >= 4 is 23.3 Å². The zero-order valence-corrected chi connectivity index (χ0v) is 15.6. The SMILES string of the molecule is Cc1nc(/C=C/C(=O)N2CCOCC2c2noc(-c3ccccc3)n2)cs1. The van der Waals surface area contributed by atoms with Gasteiger partial charge in [0.05, 0.1) is 23.9 Å². The average molecular weight is 382 g/mol. The summed E-state index contributed by atoms with van der Waals surface area (Å²) in [7, 11) is 0. The Morgan fingerprint density at radius 2 is 2.15 bits per heavy atom. The molecule has 4 rings (SSSR count). The maximum Gasteiger partial charge on any atom is 0.257 e. The first-order valence-electron chi connectivity index (χ1n) is 8.58. The summed E-state index contributed by atoms with van der Waals surface area (Å²) in [6.45, 7) is 3.22. The number of carbonyl (C=O) groups is 1. The molecule has 1 fully saturated rings. The van der Waals surface area contributed by atoms with Gasteiger partial charge in [-0.2, -0.15) is 4.98 Å². The summed E-state index contributed by atoms with van der Waals surface area (Å²) in [5, 5.41) is 6.96. The average Bonchev–Trinajstić information content (AvgIpc) is 3.36. The molecule has 0 spiro atoms. The number of carbonyl (C=O) groups excluding carboxylic acids is 1. The predicted molar refractivity (Wildman–Crippen MR) is 101 cm³/mol. The summed E-state index contributed by atoms with van der Waals surface area (Å²) in [6.07, 6.45) is 3.26. The Balaban J connectivity index is 1.53. The molecule has 1 atom stereocenters. The second kappa shape index (κ2) is 7.81. The second-order valence-corrected chi connectivity index (χ2v) is 7.13. The maximum absolute atomic E-state index is 12.7. The molecule has 1 aliphatic heterocycles. The van der Waals surface area contributed by atoms with E-state index in [1.807, 2.05) is 42.6 Å². The number of benzene rings is 1. The molecule has 1 aliphatic rings. The molecule has 0 bridgehead atoms. The van der Waals surface area contributed by atoms with Gasteiger partial charge in [-0.3, -0.25) is 4.79 Å². The van der Waals surface area contributed by atoms with Crippen molar-refractivity contribution in [2.24, 2.45) is 0 Å². The van der Waals surface area contributed by atoms with Crippen LogP contribution in [0.15, 0.2) is 46.3 Å². The largest absolute Gasteiger partial charge is 0.377 e. The number of amides is 1. The number of ether oxygens (including phenoxy) is 1. The van der Waals surface area contributed by atoms with E-state index in [0.29, 0.717) is 31.5 Å². The number of aryl methyl sites for hydroxylation is 1. The van der Waals surface area contributed by atoms with E-state index >= 15 is 0 Å². The summed E-state index contributed by atoms with van der Waals surface area (Å²) in [5.41, 5.74) is 1.62. The van der Waals surface area contributed by atoms with E-state index in [0.717, 1.165) is 16.3 Å². The molecule has 27 heavy (non-hydrogen) atoms. The van der Waals surface area contributed by atoms with Crippen LogP contribution >= 0.6 is 11.3 Å². The zero-order valence-electron chi connectivity index (χ0n) is 14.7. The fourth-order valence-electron chi connectivity index (χ4n) is 2.86. The van der Waals surface area contributed by atoms with Gasteiger partial charge in [-0.15, -0.1) is 11.3 Å². The molecule has 2 aromatic heterocycles. The topological polar surface area (TPSA) is 81.4 Å². The fraction of sp³-hybridized carbons (Fsp3) is 0.263. The third kappa shape index (κ3) is 3.96. The van der Waals surface area contributed by atoms with E-state index in [4.69, 9.17) is 9.26 Å². The van der Waals surface area contributed by atoms with Crippen molar-refractivity contribution in [1.82, 2.24) is 20.0 Å². The van der Waals surface area contributed by atoms with E-state index in [9.17, 15) is 4.79 Å². The van der Waals surface area contributed by atoms with Crippen molar-refractivity contribution < 1.29 is 14.1 Å². The number of hydrogen-bond acceptors (Lipinski definition) is 7. The summed E-state index contributed by atoms with van der Waals surface area (Å²) in [5.74, 6) is 0.747. The zero-order chi connectivity index (χ0) is 18.6. The second-order valence-electron chi connectivity index (χ2n) is 6.07. The highest BCUT2D eigenvalue weighted by molar-refractivity contribution is 7.09. The van der Waals surface area contributed by atoms with Crippen LogP contribution in [0.5, 0.6) is 0 Å². The molecule has 0 aliphatic carbocycles. The molecule has 1 aromatic carbocycles. The molecule has 138 valence electrons. The van der Waals surface area contributed by atoms with Gasteiger partial charge < -0.3 is 14.2 Å². The van der Waals surface area contributed by atoms with Crippen molar-refractivity contribution in [3.05, 3.63) is 58.3 Å². The Labute approximate surface area is 160 Å². The molecule has 0 radical (unpaired) electrons. The first-order valence-corrected chi connectivity index (χ1v) is 9.46. The Hall–Kier alpha value is -2.84. The lowest BCUT2D eigenvalue weighted by atomic mass is 10.2. The van der Waals surface area contributed by atoms with Gasteiger partial charge in [-0.25, -0.2) is 4.98 Å². The van der Waals surface area contributed by atoms with Gasteiger partial charge in [0.2, 0.25) is 5.91 Å². The quantitative estimate of drug-likeness (QED) is 0.645. The van der Waals surface area contributed by atoms with Gasteiger partial charge in [0.15, 0.2) is 5.82 Å². The molecule has 3 heterocycles. The van der Waals surface area contributed by atoms with Gasteiger partial charge in [0.1, 0.15) is 6.04 Å². The van der Waals surface area contributed by atoms with Crippen LogP contribution in [0.1, 0.15) is 22.6 Å². The van der Waals surface area contributed by atoms with Crippen LogP contribution in [-0.2, 0) is 9.53 Å². The first kappa shape index (κ1) is 17.6. The predicted octanol–water partition coefficient (Wildman–Crippen LogP) is 3.11. The molecular formula is C19H18N4O3S. The molecule has 1 amide bonds. The van der Waals surface area contributed by atoms with E-state index in [2.05, 4.69) is 15.1 Å². The molecule has 8 heteroatoms. The molecule has 7 nitrogen and oxygen atoms in total. The highest BCUT2D eigenvalue weighted by Crippen LogP contribution is 2.25. The normalized spacial score (nSPS) is 17.5. The molecular weight excluding hydrogens is 364 g/mol. The lowest BCUT2D eigenvalue weighted by molar-refractivity contribution is -0.135. The Morgan fingerprint density at radius 1 is 1.30 bits per heavy atom. The van der Waals surface area contributed by atoms with Crippen LogP contribution in [0.2, 0.25) is 0 Å². The molecule has 0 N–H and O–H groups in total. The minimum Gasteiger partial charge on any atom is -0.377 e. The lowest BCUT2D eigenvalue weighted by Crippen LogP contribution is -2.43. The first-order chi connectivity index (χ1) is 13.2.